The number of rotatable bonds is 1. The van der Waals surface area contributed by atoms with Gasteiger partial charge in [0, 0.05) is 37.7 Å². The Hall–Kier alpha value is -3.47. The van der Waals surface area contributed by atoms with Crippen LogP contribution < -0.4 is 0 Å². The highest BCUT2D eigenvalue weighted by Crippen LogP contribution is 2.37. The van der Waals surface area contributed by atoms with Crippen LogP contribution in [-0.2, 0) is 15.7 Å². The van der Waals surface area contributed by atoms with Gasteiger partial charge in [-0.3, -0.25) is 4.79 Å². The summed E-state index contributed by atoms with van der Waals surface area (Å²) in [5.74, 6) is 4.47. The van der Waals surface area contributed by atoms with E-state index in [9.17, 15) is 22.8 Å². The second-order valence-electron chi connectivity index (χ2n) is 8.63. The fourth-order valence-electron chi connectivity index (χ4n) is 3.35. The van der Waals surface area contributed by atoms with Gasteiger partial charge in [-0.1, -0.05) is 42.3 Å². The van der Waals surface area contributed by atoms with Crippen LogP contribution in [0.3, 0.4) is 0 Å². The molecule has 5 nitrogen and oxygen atoms in total. The maximum Gasteiger partial charge on any atom is 0.417 e. The fourth-order valence-corrected chi connectivity index (χ4v) is 3.35. The van der Waals surface area contributed by atoms with E-state index in [2.05, 4.69) is 11.8 Å². The first kappa shape index (κ1) is 24.2. The summed E-state index contributed by atoms with van der Waals surface area (Å²) in [5, 5.41) is 0. The van der Waals surface area contributed by atoms with Gasteiger partial charge in [-0.25, -0.2) is 4.79 Å². The summed E-state index contributed by atoms with van der Waals surface area (Å²) in [6, 6.07) is 12.1. The van der Waals surface area contributed by atoms with Crippen LogP contribution in [0.25, 0.3) is 11.1 Å². The van der Waals surface area contributed by atoms with Crippen molar-refractivity contribution in [3.63, 3.8) is 0 Å². The van der Waals surface area contributed by atoms with Crippen molar-refractivity contribution in [2.45, 2.75) is 32.5 Å². The van der Waals surface area contributed by atoms with E-state index in [1.165, 1.54) is 21.9 Å². The maximum atomic E-state index is 13.6. The summed E-state index contributed by atoms with van der Waals surface area (Å²) in [5.41, 5.74) is -0.816. The number of carbonyl (C=O) groups excluding carboxylic acids is 2. The van der Waals surface area contributed by atoms with Gasteiger partial charge in [-0.2, -0.15) is 13.2 Å². The van der Waals surface area contributed by atoms with Crippen molar-refractivity contribution in [3.8, 4) is 23.0 Å². The number of benzene rings is 2. The minimum absolute atomic E-state index is 0.0539. The number of carbonyl (C=O) groups is 2. The summed E-state index contributed by atoms with van der Waals surface area (Å²) in [4.78, 5) is 27.6. The van der Waals surface area contributed by atoms with E-state index < -0.39 is 29.3 Å². The van der Waals surface area contributed by atoms with Gasteiger partial charge < -0.3 is 14.5 Å². The Morgan fingerprint density at radius 2 is 1.52 bits per heavy atom. The van der Waals surface area contributed by atoms with Crippen LogP contribution in [0.2, 0.25) is 0 Å². The second-order valence-corrected chi connectivity index (χ2v) is 8.63. The second kappa shape index (κ2) is 9.57. The molecule has 0 radical (unpaired) electrons. The summed E-state index contributed by atoms with van der Waals surface area (Å²) >= 11 is 0. The van der Waals surface area contributed by atoms with Crippen LogP contribution >= 0.6 is 0 Å². The normalized spacial score (nSPS) is 14.4. The summed E-state index contributed by atoms with van der Waals surface area (Å²) in [6.07, 6.45) is -5.01. The predicted octanol–water partition coefficient (Wildman–Crippen LogP) is 4.80. The Kier molecular flexibility index (Phi) is 7.01. The molecule has 2 aromatic carbocycles. The first-order chi connectivity index (χ1) is 15.4. The zero-order chi connectivity index (χ0) is 24.2. The number of ether oxygens (including phenoxy) is 1. The molecule has 0 unspecified atom stereocenters. The molecule has 0 bridgehead atoms. The van der Waals surface area contributed by atoms with E-state index >= 15 is 0 Å². The molecule has 0 aromatic heterocycles. The fraction of sp³-hybridized carbons (Fsp3) is 0.360. The third-order valence-electron chi connectivity index (χ3n) is 4.94. The number of amides is 2. The van der Waals surface area contributed by atoms with Crippen molar-refractivity contribution >= 4 is 12.0 Å². The Labute approximate surface area is 191 Å². The number of nitrogens with zero attached hydrogens (tertiary/aromatic N) is 2. The van der Waals surface area contributed by atoms with E-state index in [-0.39, 0.29) is 24.2 Å². The Morgan fingerprint density at radius 3 is 2.09 bits per heavy atom. The number of piperazine rings is 1. The maximum absolute atomic E-state index is 13.6. The predicted molar refractivity (Wildman–Crippen MR) is 118 cm³/mol. The smallest absolute Gasteiger partial charge is 0.417 e. The van der Waals surface area contributed by atoms with Crippen LogP contribution in [0.15, 0.2) is 48.5 Å². The van der Waals surface area contributed by atoms with Crippen molar-refractivity contribution < 1.29 is 27.5 Å². The molecule has 8 heteroatoms. The van der Waals surface area contributed by atoms with Gasteiger partial charge in [-0.05, 0) is 44.0 Å². The van der Waals surface area contributed by atoms with Gasteiger partial charge in [-0.15, -0.1) is 0 Å². The molecule has 0 spiro atoms. The van der Waals surface area contributed by atoms with E-state index in [0.29, 0.717) is 18.7 Å². The average molecular weight is 458 g/mol. The highest BCUT2D eigenvalue weighted by molar-refractivity contribution is 5.94. The number of halogens is 3. The molecule has 0 saturated carbocycles. The van der Waals surface area contributed by atoms with Crippen molar-refractivity contribution in [1.82, 2.24) is 9.80 Å². The molecule has 1 saturated heterocycles. The SMILES string of the molecule is CC(C)(C)OC(=O)N1CCN(C(=O)C#Cc2ccc(-c3ccccc3)c(C(F)(F)F)c2)CC1. The van der Waals surface area contributed by atoms with Gasteiger partial charge in [0.25, 0.3) is 5.91 Å². The zero-order valence-electron chi connectivity index (χ0n) is 18.7. The molecule has 0 N–H and O–H groups in total. The van der Waals surface area contributed by atoms with Crippen LogP contribution in [0, 0.1) is 11.8 Å². The third kappa shape index (κ3) is 6.51. The molecule has 1 fully saturated rings. The summed E-state index contributed by atoms with van der Waals surface area (Å²) in [7, 11) is 0. The third-order valence-corrected chi connectivity index (χ3v) is 4.94. The molecule has 0 atom stereocenters. The van der Waals surface area contributed by atoms with Gasteiger partial charge in [0.15, 0.2) is 0 Å². The van der Waals surface area contributed by atoms with Crippen molar-refractivity contribution in [3.05, 3.63) is 59.7 Å². The van der Waals surface area contributed by atoms with Crippen molar-refractivity contribution in [2.24, 2.45) is 0 Å². The lowest BCUT2D eigenvalue weighted by atomic mass is 9.97. The van der Waals surface area contributed by atoms with E-state index in [4.69, 9.17) is 4.74 Å². The van der Waals surface area contributed by atoms with E-state index in [1.54, 1.807) is 51.1 Å². The van der Waals surface area contributed by atoms with Crippen LogP contribution in [0.5, 0.6) is 0 Å². The minimum Gasteiger partial charge on any atom is -0.444 e. The lowest BCUT2D eigenvalue weighted by Gasteiger charge is -2.34. The zero-order valence-corrected chi connectivity index (χ0v) is 18.7. The molecule has 33 heavy (non-hydrogen) atoms. The van der Waals surface area contributed by atoms with Gasteiger partial charge in [0.1, 0.15) is 5.60 Å². The highest BCUT2D eigenvalue weighted by Gasteiger charge is 2.34. The standard InChI is InChI=1S/C25H25F3N2O3/c1-24(2,3)33-23(32)30-15-13-29(14-16-30)22(31)12-10-18-9-11-20(19-7-5-4-6-8-19)21(17-18)25(26,27)28/h4-9,11,17H,13-16H2,1-3H3. The van der Waals surface area contributed by atoms with Crippen molar-refractivity contribution in [1.29, 1.82) is 0 Å². The lowest BCUT2D eigenvalue weighted by molar-refractivity contribution is -0.137. The van der Waals surface area contributed by atoms with E-state index in [1.807, 2.05) is 0 Å². The van der Waals surface area contributed by atoms with Gasteiger partial charge >= 0.3 is 12.3 Å². The number of alkyl halides is 3. The quantitative estimate of drug-likeness (QED) is 0.577. The largest absolute Gasteiger partial charge is 0.444 e. The molecular formula is C25H25F3N2O3. The molecule has 2 amide bonds. The monoisotopic (exact) mass is 458 g/mol. The Bertz CT molecular complexity index is 1070. The molecule has 1 aliphatic rings. The summed E-state index contributed by atoms with van der Waals surface area (Å²) < 4.78 is 46.3. The molecule has 2 aromatic rings. The number of hydrogen-bond acceptors (Lipinski definition) is 3. The molecule has 1 heterocycles. The van der Waals surface area contributed by atoms with Crippen LogP contribution in [-0.4, -0.2) is 53.6 Å². The molecular weight excluding hydrogens is 433 g/mol. The molecule has 3 rings (SSSR count). The Balaban J connectivity index is 1.70. The lowest BCUT2D eigenvalue weighted by Crippen LogP contribution is -2.51. The van der Waals surface area contributed by atoms with Gasteiger partial charge in [0.2, 0.25) is 0 Å². The highest BCUT2D eigenvalue weighted by atomic mass is 19.4. The molecule has 0 aliphatic carbocycles. The van der Waals surface area contributed by atoms with E-state index in [0.717, 1.165) is 6.07 Å². The van der Waals surface area contributed by atoms with Crippen LogP contribution in [0.4, 0.5) is 18.0 Å². The Morgan fingerprint density at radius 1 is 0.909 bits per heavy atom. The first-order valence-corrected chi connectivity index (χ1v) is 10.5. The number of hydrogen-bond donors (Lipinski definition) is 0. The molecule has 1 aliphatic heterocycles. The minimum atomic E-state index is -4.56. The summed E-state index contributed by atoms with van der Waals surface area (Å²) in [6.45, 7) is 6.46. The average Bonchev–Trinajstić information content (AvgIpc) is 2.76. The van der Waals surface area contributed by atoms with Crippen molar-refractivity contribution in [2.75, 3.05) is 26.2 Å². The first-order valence-electron chi connectivity index (χ1n) is 10.5. The van der Waals surface area contributed by atoms with Gasteiger partial charge in [0.05, 0.1) is 5.56 Å². The topological polar surface area (TPSA) is 49.9 Å². The molecule has 174 valence electrons. The van der Waals surface area contributed by atoms with Crippen LogP contribution in [0.1, 0.15) is 31.9 Å².